The lowest BCUT2D eigenvalue weighted by Gasteiger charge is -2.47. The minimum atomic E-state index is -4.45. The molecule has 0 amide bonds. The summed E-state index contributed by atoms with van der Waals surface area (Å²) in [5.74, 6) is -0.0238. The molecule has 0 bridgehead atoms. The molecule has 4 rings (SSSR count). The van der Waals surface area contributed by atoms with Gasteiger partial charge in [0.2, 0.25) is 0 Å². The number of benzene rings is 1. The van der Waals surface area contributed by atoms with E-state index in [1.165, 1.54) is 12.1 Å². The van der Waals surface area contributed by atoms with Crippen LogP contribution >= 0.6 is 0 Å². The topological polar surface area (TPSA) is 53.8 Å². The predicted molar refractivity (Wildman–Crippen MR) is 98.3 cm³/mol. The van der Waals surface area contributed by atoms with Crippen LogP contribution in [0, 0.1) is 5.41 Å². The summed E-state index contributed by atoms with van der Waals surface area (Å²) in [6.07, 6.45) is -1.84. The Hall–Kier alpha value is -2.44. The predicted octanol–water partition coefficient (Wildman–Crippen LogP) is 5.28. The van der Waals surface area contributed by atoms with Crippen molar-refractivity contribution in [1.82, 2.24) is 5.32 Å². The maximum atomic E-state index is 13.4. The van der Waals surface area contributed by atoms with Gasteiger partial charge in [0.1, 0.15) is 0 Å². The lowest BCUT2D eigenvalue weighted by atomic mass is 9.59. The largest absolute Gasteiger partial charge is 0.416 e. The molecule has 1 N–H and O–H groups in total. The molecule has 4 nitrogen and oxygen atoms in total. The highest BCUT2D eigenvalue weighted by Crippen LogP contribution is 2.54. The number of carbonyl (C=O) groups is 1. The van der Waals surface area contributed by atoms with E-state index >= 15 is 0 Å². The summed E-state index contributed by atoms with van der Waals surface area (Å²) in [4.78, 5) is 13.3. The van der Waals surface area contributed by atoms with E-state index in [0.717, 1.165) is 17.3 Å². The Balaban J connectivity index is 1.99. The van der Waals surface area contributed by atoms with Gasteiger partial charge in [-0.2, -0.15) is 23.4 Å². The van der Waals surface area contributed by atoms with Gasteiger partial charge in [0.15, 0.2) is 11.9 Å². The Morgan fingerprint density at radius 1 is 1.25 bits per heavy atom. The van der Waals surface area contributed by atoms with Crippen LogP contribution in [0.5, 0.6) is 0 Å². The number of Topliss-reactive ketones (excluding diaryl/α,β-unsaturated/α-hetero) is 1. The zero-order valence-electron chi connectivity index (χ0n) is 16.0. The molecule has 2 atom stereocenters. The molecular weight excluding hydrogens is 367 g/mol. The van der Waals surface area contributed by atoms with Crippen molar-refractivity contribution >= 4 is 5.78 Å². The number of carbonyl (C=O) groups excluding carboxylic acids is 1. The summed E-state index contributed by atoms with van der Waals surface area (Å²) in [6, 6.07) is 5.32. The van der Waals surface area contributed by atoms with E-state index < -0.39 is 23.3 Å². The van der Waals surface area contributed by atoms with Gasteiger partial charge >= 0.3 is 6.18 Å². The van der Waals surface area contributed by atoms with Gasteiger partial charge in [-0.3, -0.25) is 4.79 Å². The molecule has 7 heteroatoms. The van der Waals surface area contributed by atoms with Crippen molar-refractivity contribution in [3.05, 3.63) is 58.4 Å². The van der Waals surface area contributed by atoms with Crippen LogP contribution in [-0.4, -0.2) is 11.9 Å². The van der Waals surface area contributed by atoms with Crippen LogP contribution in [0.2, 0.25) is 0 Å². The summed E-state index contributed by atoms with van der Waals surface area (Å²) in [7, 11) is 0. The first kappa shape index (κ1) is 18.9. The minimum Gasteiger partial charge on any atom is -0.362 e. The number of hydrogen-bond acceptors (Lipinski definition) is 4. The number of nitrogens with zero attached hydrogens (tertiary/aromatic N) is 2. The number of halogens is 3. The molecule has 0 saturated carbocycles. The first-order chi connectivity index (χ1) is 13.1. The van der Waals surface area contributed by atoms with Gasteiger partial charge in [0, 0.05) is 23.3 Å². The van der Waals surface area contributed by atoms with E-state index in [-0.39, 0.29) is 11.2 Å². The van der Waals surface area contributed by atoms with Gasteiger partial charge in [-0.25, -0.2) is 0 Å². The van der Waals surface area contributed by atoms with Gasteiger partial charge < -0.3 is 5.32 Å². The molecule has 28 heavy (non-hydrogen) atoms. The second-order valence-electron chi connectivity index (χ2n) is 8.49. The van der Waals surface area contributed by atoms with Crippen molar-refractivity contribution in [2.45, 2.75) is 57.8 Å². The number of alkyl halides is 3. The Labute approximate surface area is 161 Å². The summed E-state index contributed by atoms with van der Waals surface area (Å²) >= 11 is 0. The van der Waals surface area contributed by atoms with Crippen molar-refractivity contribution < 1.29 is 18.0 Å². The van der Waals surface area contributed by atoms with E-state index in [0.29, 0.717) is 30.4 Å². The second-order valence-corrected chi connectivity index (χ2v) is 8.49. The van der Waals surface area contributed by atoms with Crippen molar-refractivity contribution in [3.8, 4) is 0 Å². The SMILES string of the molecule is CC[C@@]1(c2cccc(C(F)(F)F)c2)C2=CN=NC2NC2=C1C(=O)CC(C)(C)C2. The number of ketones is 1. The number of rotatable bonds is 2. The van der Waals surface area contributed by atoms with Crippen molar-refractivity contribution in [2.75, 3.05) is 0 Å². The zero-order chi connectivity index (χ0) is 20.3. The second kappa shape index (κ2) is 6.03. The van der Waals surface area contributed by atoms with Crippen LogP contribution in [0.25, 0.3) is 0 Å². The third kappa shape index (κ3) is 2.71. The van der Waals surface area contributed by atoms with E-state index in [1.54, 1.807) is 12.3 Å². The number of hydrogen-bond donors (Lipinski definition) is 1. The normalized spacial score (nSPS) is 28.6. The maximum absolute atomic E-state index is 13.4. The average molecular weight is 389 g/mol. The molecule has 1 aromatic carbocycles. The molecule has 0 aromatic heterocycles. The standard InChI is InChI=1S/C21H22F3N3O/c1-4-20(12-6-5-7-13(8-12)21(22,23)24)14-11-25-27-18(14)26-15-9-19(2,3)10-16(28)17(15)20/h5-8,11,18,26H,4,9-10H2,1-3H3/t18?,20-/m1/s1. The smallest absolute Gasteiger partial charge is 0.362 e. The quantitative estimate of drug-likeness (QED) is 0.749. The van der Waals surface area contributed by atoms with E-state index in [9.17, 15) is 18.0 Å². The number of allylic oxidation sites excluding steroid dienone is 2. The van der Waals surface area contributed by atoms with Gasteiger partial charge in [0.25, 0.3) is 0 Å². The van der Waals surface area contributed by atoms with Gasteiger partial charge in [0.05, 0.1) is 17.2 Å². The van der Waals surface area contributed by atoms with Crippen molar-refractivity contribution in [1.29, 1.82) is 0 Å². The Bertz CT molecular complexity index is 942. The number of nitrogens with one attached hydrogen (secondary N) is 1. The van der Waals surface area contributed by atoms with Gasteiger partial charge in [-0.15, -0.1) is 0 Å². The molecule has 1 aromatic rings. The van der Waals surface area contributed by atoms with Crippen molar-refractivity contribution in [2.24, 2.45) is 15.6 Å². The fraction of sp³-hybridized carbons (Fsp3) is 0.476. The summed E-state index contributed by atoms with van der Waals surface area (Å²) in [5, 5.41) is 11.6. The Morgan fingerprint density at radius 2 is 2.00 bits per heavy atom. The summed E-state index contributed by atoms with van der Waals surface area (Å²) in [5.41, 5.74) is 0.672. The Morgan fingerprint density at radius 3 is 2.68 bits per heavy atom. The molecule has 0 spiro atoms. The van der Waals surface area contributed by atoms with Gasteiger partial charge in [-0.1, -0.05) is 39.0 Å². The van der Waals surface area contributed by atoms with Crippen LogP contribution in [0.4, 0.5) is 13.2 Å². The van der Waals surface area contributed by atoms with Gasteiger partial charge in [-0.05, 0) is 29.9 Å². The van der Waals surface area contributed by atoms with Crippen molar-refractivity contribution in [3.63, 3.8) is 0 Å². The fourth-order valence-electron chi connectivity index (χ4n) is 4.85. The summed E-state index contributed by atoms with van der Waals surface area (Å²) < 4.78 is 40.2. The van der Waals surface area contributed by atoms with Crippen LogP contribution in [0.3, 0.4) is 0 Å². The molecular formula is C21H22F3N3O. The van der Waals surface area contributed by atoms with E-state index in [2.05, 4.69) is 15.5 Å². The lowest BCUT2D eigenvalue weighted by Crippen LogP contribution is -2.51. The molecule has 0 radical (unpaired) electrons. The van der Waals surface area contributed by atoms with E-state index in [4.69, 9.17) is 0 Å². The average Bonchev–Trinajstić information content (AvgIpc) is 3.06. The van der Waals surface area contributed by atoms with Crippen LogP contribution < -0.4 is 5.32 Å². The molecule has 2 aliphatic heterocycles. The third-order valence-electron chi connectivity index (χ3n) is 5.99. The molecule has 148 valence electrons. The molecule has 0 saturated heterocycles. The number of azo groups is 1. The highest BCUT2D eigenvalue weighted by molar-refractivity contribution is 6.01. The van der Waals surface area contributed by atoms with E-state index in [1.807, 2.05) is 20.8 Å². The molecule has 1 unspecified atom stereocenters. The molecule has 3 aliphatic rings. The molecule has 2 heterocycles. The monoisotopic (exact) mass is 389 g/mol. The Kier molecular flexibility index (Phi) is 4.07. The fourth-order valence-corrected chi connectivity index (χ4v) is 4.85. The highest BCUT2D eigenvalue weighted by atomic mass is 19.4. The maximum Gasteiger partial charge on any atom is 0.416 e. The van der Waals surface area contributed by atoms with Crippen LogP contribution in [0.15, 0.2) is 57.5 Å². The van der Waals surface area contributed by atoms with Crippen LogP contribution in [-0.2, 0) is 16.4 Å². The zero-order valence-corrected chi connectivity index (χ0v) is 16.0. The number of fused-ring (bicyclic) bond motifs is 1. The lowest BCUT2D eigenvalue weighted by molar-refractivity contribution is -0.137. The third-order valence-corrected chi connectivity index (χ3v) is 5.99. The summed E-state index contributed by atoms with van der Waals surface area (Å²) in [6.45, 7) is 5.95. The van der Waals surface area contributed by atoms with Crippen LogP contribution in [0.1, 0.15) is 51.2 Å². The first-order valence-corrected chi connectivity index (χ1v) is 9.40. The molecule has 0 fully saturated rings. The first-order valence-electron chi connectivity index (χ1n) is 9.40. The minimum absolute atomic E-state index is 0.0238. The highest BCUT2D eigenvalue weighted by Gasteiger charge is 2.53. The molecule has 1 aliphatic carbocycles.